The Balaban J connectivity index is 1.60. The summed E-state index contributed by atoms with van der Waals surface area (Å²) < 4.78 is 0. The molecule has 1 aromatic rings. The molecule has 0 spiro atoms. The number of hydrogen-bond acceptors (Lipinski definition) is 4. The summed E-state index contributed by atoms with van der Waals surface area (Å²) in [5.74, 6) is 0.123. The second-order valence-corrected chi connectivity index (χ2v) is 8.79. The predicted molar refractivity (Wildman–Crippen MR) is 104 cm³/mol. The van der Waals surface area contributed by atoms with Gasteiger partial charge in [0.25, 0.3) is 5.91 Å². The van der Waals surface area contributed by atoms with Crippen molar-refractivity contribution in [1.82, 2.24) is 15.2 Å². The zero-order valence-electron chi connectivity index (χ0n) is 16.1. The fourth-order valence-electron chi connectivity index (χ4n) is 4.06. The molecule has 0 bridgehead atoms. The number of piperidine rings is 1. The van der Waals surface area contributed by atoms with Crippen LogP contribution in [-0.4, -0.2) is 40.8 Å². The van der Waals surface area contributed by atoms with Crippen LogP contribution in [0.15, 0.2) is 0 Å². The summed E-state index contributed by atoms with van der Waals surface area (Å²) in [6.07, 6.45) is 9.64. The van der Waals surface area contributed by atoms with Crippen molar-refractivity contribution in [3.05, 3.63) is 15.6 Å². The smallest absolute Gasteiger partial charge is 0.265 e. The minimum atomic E-state index is -0.0713. The lowest BCUT2D eigenvalue weighted by Crippen LogP contribution is -2.47. The fraction of sp³-hybridized carbons (Fsp3) is 0.750. The summed E-state index contributed by atoms with van der Waals surface area (Å²) in [5.41, 5.74) is 0.831. The molecule has 144 valence electrons. The number of aromatic nitrogens is 1. The molecule has 1 atom stereocenters. The molecular weight excluding hydrogens is 346 g/mol. The lowest BCUT2D eigenvalue weighted by molar-refractivity contribution is -0.127. The topological polar surface area (TPSA) is 62.3 Å². The van der Waals surface area contributed by atoms with Crippen molar-refractivity contribution in [3.8, 4) is 0 Å². The van der Waals surface area contributed by atoms with Gasteiger partial charge in [0, 0.05) is 19.1 Å². The van der Waals surface area contributed by atoms with E-state index in [0.717, 1.165) is 60.6 Å². The normalized spacial score (nSPS) is 21.6. The van der Waals surface area contributed by atoms with Gasteiger partial charge in [-0.3, -0.25) is 9.59 Å². The molecule has 0 radical (unpaired) electrons. The van der Waals surface area contributed by atoms with E-state index in [1.54, 1.807) is 0 Å². The summed E-state index contributed by atoms with van der Waals surface area (Å²) in [6.45, 7) is 5.32. The molecule has 3 rings (SSSR count). The molecule has 6 heteroatoms. The zero-order chi connectivity index (χ0) is 18.5. The third-order valence-electron chi connectivity index (χ3n) is 5.53. The zero-order valence-corrected chi connectivity index (χ0v) is 16.9. The number of rotatable bonds is 5. The van der Waals surface area contributed by atoms with Gasteiger partial charge in [-0.25, -0.2) is 4.98 Å². The molecule has 0 unspecified atom stereocenters. The maximum Gasteiger partial charge on any atom is 0.265 e. The van der Waals surface area contributed by atoms with E-state index < -0.39 is 0 Å². The minimum absolute atomic E-state index is 0.0533. The Morgan fingerprint density at radius 1 is 1.19 bits per heavy atom. The maximum atomic E-state index is 13.0. The van der Waals surface area contributed by atoms with Gasteiger partial charge in [0.1, 0.15) is 4.88 Å². The molecule has 2 heterocycles. The number of carbonyl (C=O) groups is 2. The summed E-state index contributed by atoms with van der Waals surface area (Å²) >= 11 is 1.52. The highest BCUT2D eigenvalue weighted by Gasteiger charge is 2.31. The van der Waals surface area contributed by atoms with E-state index in [0.29, 0.717) is 12.6 Å². The molecule has 5 nitrogen and oxygen atoms in total. The summed E-state index contributed by atoms with van der Waals surface area (Å²) in [4.78, 5) is 32.8. The molecule has 1 aliphatic carbocycles. The van der Waals surface area contributed by atoms with Crippen molar-refractivity contribution < 1.29 is 9.59 Å². The average Bonchev–Trinajstić information content (AvgIpc) is 3.02. The fourth-order valence-corrected chi connectivity index (χ4v) is 5.19. The lowest BCUT2D eigenvalue weighted by Gasteiger charge is -2.33. The van der Waals surface area contributed by atoms with Crippen molar-refractivity contribution in [2.75, 3.05) is 13.1 Å². The van der Waals surface area contributed by atoms with Crippen molar-refractivity contribution in [2.24, 2.45) is 5.92 Å². The van der Waals surface area contributed by atoms with Gasteiger partial charge >= 0.3 is 0 Å². The summed E-state index contributed by atoms with van der Waals surface area (Å²) in [6, 6.07) is 0.336. The molecule has 2 aliphatic rings. The van der Waals surface area contributed by atoms with Crippen LogP contribution in [0, 0.1) is 12.8 Å². The maximum absolute atomic E-state index is 13.0. The average molecular weight is 378 g/mol. The van der Waals surface area contributed by atoms with Crippen molar-refractivity contribution >= 4 is 23.2 Å². The molecule has 2 amide bonds. The van der Waals surface area contributed by atoms with Crippen molar-refractivity contribution in [2.45, 2.75) is 77.7 Å². The Kier molecular flexibility index (Phi) is 6.68. The molecule has 1 N–H and O–H groups in total. The van der Waals surface area contributed by atoms with Crippen molar-refractivity contribution in [1.29, 1.82) is 0 Å². The van der Waals surface area contributed by atoms with Gasteiger partial charge in [0.2, 0.25) is 5.91 Å². The largest absolute Gasteiger partial charge is 0.353 e. The number of nitrogens with zero attached hydrogens (tertiary/aromatic N) is 2. The van der Waals surface area contributed by atoms with E-state index in [1.807, 2.05) is 11.8 Å². The second kappa shape index (κ2) is 8.98. The highest BCUT2D eigenvalue weighted by molar-refractivity contribution is 7.13. The van der Waals surface area contributed by atoms with Crippen LogP contribution in [-0.2, 0) is 11.2 Å². The molecule has 2 fully saturated rings. The van der Waals surface area contributed by atoms with E-state index in [9.17, 15) is 9.59 Å². The van der Waals surface area contributed by atoms with Gasteiger partial charge in [-0.1, -0.05) is 26.2 Å². The number of likely N-dealkylation sites (tertiary alicyclic amines) is 1. The Morgan fingerprint density at radius 3 is 2.69 bits per heavy atom. The first-order valence-electron chi connectivity index (χ1n) is 10.1. The van der Waals surface area contributed by atoms with Crippen LogP contribution < -0.4 is 5.32 Å². The summed E-state index contributed by atoms with van der Waals surface area (Å²) in [5, 5.41) is 4.27. The third kappa shape index (κ3) is 4.64. The SMILES string of the molecule is CCCc1nc(C)c(C(=O)N2CCC[C@@H](C(=O)NC3CCCCC3)C2)s1. The van der Waals surface area contributed by atoms with E-state index in [1.165, 1.54) is 30.6 Å². The van der Waals surface area contributed by atoms with Gasteiger partial charge in [-0.2, -0.15) is 0 Å². The number of nitrogens with one attached hydrogen (secondary N) is 1. The molecule has 1 saturated heterocycles. The lowest BCUT2D eigenvalue weighted by atomic mass is 9.93. The minimum Gasteiger partial charge on any atom is -0.353 e. The van der Waals surface area contributed by atoms with Gasteiger partial charge in [-0.15, -0.1) is 11.3 Å². The first-order valence-corrected chi connectivity index (χ1v) is 11.0. The van der Waals surface area contributed by atoms with Crippen LogP contribution in [0.4, 0.5) is 0 Å². The molecule has 0 aromatic carbocycles. The number of thiazole rings is 1. The molecule has 1 saturated carbocycles. The first kappa shape index (κ1) is 19.3. The van der Waals surface area contributed by atoms with Crippen LogP contribution in [0.3, 0.4) is 0 Å². The number of aryl methyl sites for hydroxylation is 2. The molecule has 26 heavy (non-hydrogen) atoms. The van der Waals surface area contributed by atoms with Gasteiger partial charge in [0.05, 0.1) is 16.6 Å². The number of amides is 2. The van der Waals surface area contributed by atoms with Crippen LogP contribution >= 0.6 is 11.3 Å². The van der Waals surface area contributed by atoms with Crippen LogP contribution in [0.2, 0.25) is 0 Å². The van der Waals surface area contributed by atoms with Gasteiger partial charge < -0.3 is 10.2 Å². The van der Waals surface area contributed by atoms with E-state index in [4.69, 9.17) is 0 Å². The standard InChI is InChI=1S/C20H31N3O2S/c1-3-8-17-21-14(2)18(26-17)20(25)23-12-7-9-15(13-23)19(24)22-16-10-5-4-6-11-16/h15-16H,3-13H2,1-2H3,(H,22,24)/t15-/m1/s1. The van der Waals surface area contributed by atoms with E-state index >= 15 is 0 Å². The molecule has 1 aromatic heterocycles. The van der Waals surface area contributed by atoms with E-state index in [-0.39, 0.29) is 17.7 Å². The first-order chi connectivity index (χ1) is 12.6. The Labute approximate surface area is 160 Å². The van der Waals surface area contributed by atoms with E-state index in [2.05, 4.69) is 17.2 Å². The Morgan fingerprint density at radius 2 is 1.96 bits per heavy atom. The monoisotopic (exact) mass is 377 g/mol. The highest BCUT2D eigenvalue weighted by Crippen LogP contribution is 2.25. The number of carbonyl (C=O) groups excluding carboxylic acids is 2. The highest BCUT2D eigenvalue weighted by atomic mass is 32.1. The Hall–Kier alpha value is -1.43. The molecular formula is C20H31N3O2S. The van der Waals surface area contributed by atoms with Crippen LogP contribution in [0.1, 0.15) is 78.7 Å². The van der Waals surface area contributed by atoms with Crippen LogP contribution in [0.5, 0.6) is 0 Å². The number of hydrogen-bond donors (Lipinski definition) is 1. The Bertz CT molecular complexity index is 637. The quantitative estimate of drug-likeness (QED) is 0.851. The second-order valence-electron chi connectivity index (χ2n) is 7.71. The predicted octanol–water partition coefficient (Wildman–Crippen LogP) is 3.71. The van der Waals surface area contributed by atoms with Gasteiger partial charge in [-0.05, 0) is 45.4 Å². The van der Waals surface area contributed by atoms with Crippen LogP contribution in [0.25, 0.3) is 0 Å². The van der Waals surface area contributed by atoms with Crippen molar-refractivity contribution in [3.63, 3.8) is 0 Å². The molecule has 1 aliphatic heterocycles. The van der Waals surface area contributed by atoms with Gasteiger partial charge in [0.15, 0.2) is 0 Å². The summed E-state index contributed by atoms with van der Waals surface area (Å²) in [7, 11) is 0. The third-order valence-corrected chi connectivity index (χ3v) is 6.74.